The molecule has 0 unspecified atom stereocenters. The van der Waals surface area contributed by atoms with E-state index in [2.05, 4.69) is 5.32 Å². The van der Waals surface area contributed by atoms with Gasteiger partial charge < -0.3 is 14.8 Å². The largest absolute Gasteiger partial charge is 0.477 e. The van der Waals surface area contributed by atoms with Crippen LogP contribution in [0.3, 0.4) is 0 Å². The molecular weight excluding hydrogens is 320 g/mol. The first-order valence-electron chi connectivity index (χ1n) is 7.31. The highest BCUT2D eigenvalue weighted by Crippen LogP contribution is 2.32. The quantitative estimate of drug-likeness (QED) is 0.897. The normalized spacial score (nSPS) is 15.0. The summed E-state index contributed by atoms with van der Waals surface area (Å²) in [5, 5.41) is 12.5. The maximum absolute atomic E-state index is 12.3. The summed E-state index contributed by atoms with van der Waals surface area (Å²) in [6, 6.07) is 2.84. The van der Waals surface area contributed by atoms with E-state index in [4.69, 9.17) is 9.52 Å². The van der Waals surface area contributed by atoms with Gasteiger partial charge in [-0.3, -0.25) is 4.90 Å². The fourth-order valence-electron chi connectivity index (χ4n) is 2.66. The fraction of sp³-hybridized carbons (Fsp3) is 0.400. The molecule has 2 N–H and O–H groups in total. The molecule has 0 aliphatic heterocycles. The summed E-state index contributed by atoms with van der Waals surface area (Å²) < 4.78 is 5.53. The van der Waals surface area contributed by atoms with Crippen LogP contribution < -0.4 is 15.8 Å². The molecule has 8 heteroatoms. The molecular formula is C15H16N2O5S. The van der Waals surface area contributed by atoms with Gasteiger partial charge in [0.2, 0.25) is 0 Å². The van der Waals surface area contributed by atoms with Crippen LogP contribution in [0.2, 0.25) is 0 Å². The maximum Gasteiger partial charge on any atom is 0.351 e. The number of carbonyl (C=O) groups excluding carboxylic acids is 1. The zero-order valence-corrected chi connectivity index (χ0v) is 13.3. The highest BCUT2D eigenvalue weighted by atomic mass is 32.1. The second-order valence-corrected chi connectivity index (χ2v) is 6.62. The van der Waals surface area contributed by atoms with Crippen LogP contribution in [0.1, 0.15) is 36.0 Å². The second kappa shape index (κ2) is 6.04. The molecule has 0 radical (unpaired) electrons. The van der Waals surface area contributed by atoms with E-state index in [0.717, 1.165) is 25.7 Å². The zero-order chi connectivity index (χ0) is 16.6. The molecule has 0 aromatic carbocycles. The number of aromatic carboxylic acids is 1. The van der Waals surface area contributed by atoms with Crippen molar-refractivity contribution in [3.63, 3.8) is 0 Å². The number of rotatable bonds is 3. The van der Waals surface area contributed by atoms with Crippen molar-refractivity contribution < 1.29 is 19.1 Å². The van der Waals surface area contributed by atoms with Crippen LogP contribution in [-0.4, -0.2) is 30.2 Å². The molecule has 1 fully saturated rings. The molecule has 2 aromatic rings. The summed E-state index contributed by atoms with van der Waals surface area (Å²) >= 11 is 1.20. The Labute approximate surface area is 135 Å². The number of nitrogens with zero attached hydrogens (tertiary/aromatic N) is 1. The number of thiophene rings is 1. The van der Waals surface area contributed by atoms with Crippen molar-refractivity contribution in [3.05, 3.63) is 28.1 Å². The van der Waals surface area contributed by atoms with Gasteiger partial charge in [0.15, 0.2) is 5.58 Å². The third-order valence-electron chi connectivity index (χ3n) is 3.96. The van der Waals surface area contributed by atoms with E-state index in [0.29, 0.717) is 9.70 Å². The first kappa shape index (κ1) is 15.5. The Morgan fingerprint density at radius 1 is 1.35 bits per heavy atom. The average Bonchev–Trinajstić information content (AvgIpc) is 3.14. The van der Waals surface area contributed by atoms with Crippen LogP contribution in [0.4, 0.5) is 9.80 Å². The summed E-state index contributed by atoms with van der Waals surface area (Å²) in [6.07, 6.45) is 4.23. The van der Waals surface area contributed by atoms with Crippen LogP contribution in [0.5, 0.6) is 0 Å². The third kappa shape index (κ3) is 3.07. The molecule has 0 bridgehead atoms. The first-order chi connectivity index (χ1) is 11.0. The molecule has 0 spiro atoms. The molecule has 2 amide bonds. The minimum absolute atomic E-state index is 0.205. The summed E-state index contributed by atoms with van der Waals surface area (Å²) in [7, 11) is 1.63. The van der Waals surface area contributed by atoms with Crippen molar-refractivity contribution in [1.29, 1.82) is 0 Å². The lowest BCUT2D eigenvalue weighted by Gasteiger charge is -2.19. The molecule has 0 atom stereocenters. The molecule has 2 heterocycles. The Morgan fingerprint density at radius 3 is 2.70 bits per heavy atom. The topological polar surface area (TPSA) is 99.9 Å². The van der Waals surface area contributed by atoms with Crippen LogP contribution in [0, 0.1) is 0 Å². The van der Waals surface area contributed by atoms with Crippen LogP contribution in [0.15, 0.2) is 21.3 Å². The predicted molar refractivity (Wildman–Crippen MR) is 86.5 cm³/mol. The number of carboxylic acids is 1. The van der Waals surface area contributed by atoms with Gasteiger partial charge >= 0.3 is 17.6 Å². The first-order valence-corrected chi connectivity index (χ1v) is 8.12. The molecule has 1 saturated carbocycles. The Balaban J connectivity index is 1.85. The Morgan fingerprint density at radius 2 is 2.04 bits per heavy atom. The molecule has 1 aliphatic rings. The van der Waals surface area contributed by atoms with Gasteiger partial charge in [-0.1, -0.05) is 12.8 Å². The summed E-state index contributed by atoms with van der Waals surface area (Å²) in [4.78, 5) is 36.3. The van der Waals surface area contributed by atoms with E-state index in [9.17, 15) is 14.4 Å². The fourth-order valence-corrected chi connectivity index (χ4v) is 3.65. The highest BCUT2D eigenvalue weighted by molar-refractivity contribution is 7.22. The van der Waals surface area contributed by atoms with Crippen molar-refractivity contribution in [2.24, 2.45) is 0 Å². The van der Waals surface area contributed by atoms with Crippen molar-refractivity contribution in [3.8, 4) is 0 Å². The monoisotopic (exact) mass is 336 g/mol. The van der Waals surface area contributed by atoms with Crippen molar-refractivity contribution in [2.75, 3.05) is 11.9 Å². The van der Waals surface area contributed by atoms with Crippen molar-refractivity contribution in [2.45, 2.75) is 31.7 Å². The molecule has 23 heavy (non-hydrogen) atoms. The Hall–Kier alpha value is -2.35. The van der Waals surface area contributed by atoms with E-state index in [-0.39, 0.29) is 17.7 Å². The molecule has 7 nitrogen and oxygen atoms in total. The van der Waals surface area contributed by atoms with Gasteiger partial charge in [-0.2, -0.15) is 0 Å². The number of amides is 2. The lowest BCUT2D eigenvalue weighted by Crippen LogP contribution is -2.41. The summed E-state index contributed by atoms with van der Waals surface area (Å²) in [6.45, 7) is 0. The molecule has 3 rings (SSSR count). The molecule has 1 aliphatic carbocycles. The van der Waals surface area contributed by atoms with Gasteiger partial charge in [-0.25, -0.2) is 14.4 Å². The van der Waals surface area contributed by atoms with E-state index in [1.54, 1.807) is 13.1 Å². The summed E-state index contributed by atoms with van der Waals surface area (Å²) in [5.74, 6) is -1.33. The van der Waals surface area contributed by atoms with E-state index < -0.39 is 17.2 Å². The second-order valence-electron chi connectivity index (χ2n) is 5.56. The van der Waals surface area contributed by atoms with Gasteiger partial charge in [0.05, 0.1) is 4.70 Å². The minimum atomic E-state index is -1.33. The van der Waals surface area contributed by atoms with Gasteiger partial charge in [-0.05, 0) is 18.9 Å². The van der Waals surface area contributed by atoms with E-state index >= 15 is 0 Å². The zero-order valence-electron chi connectivity index (χ0n) is 12.5. The van der Waals surface area contributed by atoms with Crippen LogP contribution in [0.25, 0.3) is 10.3 Å². The van der Waals surface area contributed by atoms with Gasteiger partial charge in [0.1, 0.15) is 10.6 Å². The minimum Gasteiger partial charge on any atom is -0.477 e. The number of carbonyl (C=O) groups is 2. The van der Waals surface area contributed by atoms with Crippen LogP contribution >= 0.6 is 11.3 Å². The number of urea groups is 1. The average molecular weight is 336 g/mol. The standard InChI is InChI=1S/C15H16N2O5S/c1-17(15(21)16-8-4-2-3-5-8)12-7-10-11(23-12)6-9(13(18)19)14(20)22-10/h6-8H,2-5H2,1H3,(H,16,21)(H,18,19). The molecule has 122 valence electrons. The van der Waals surface area contributed by atoms with E-state index in [1.807, 2.05) is 0 Å². The van der Waals surface area contributed by atoms with E-state index in [1.165, 1.54) is 22.3 Å². The maximum atomic E-state index is 12.3. The lowest BCUT2D eigenvalue weighted by molar-refractivity contribution is 0.0692. The SMILES string of the molecule is CN(C(=O)NC1CCCC1)c1cc2oc(=O)c(C(=O)O)cc2s1. The number of carboxylic acid groups (broad SMARTS) is 1. The van der Waals surface area contributed by atoms with Gasteiger partial charge in [-0.15, -0.1) is 11.3 Å². The smallest absolute Gasteiger partial charge is 0.351 e. The van der Waals surface area contributed by atoms with Crippen molar-refractivity contribution >= 4 is 38.6 Å². The number of hydrogen-bond donors (Lipinski definition) is 2. The van der Waals surface area contributed by atoms with Gasteiger partial charge in [0, 0.05) is 19.2 Å². The number of fused-ring (bicyclic) bond motifs is 1. The highest BCUT2D eigenvalue weighted by Gasteiger charge is 2.22. The van der Waals surface area contributed by atoms with Crippen molar-refractivity contribution in [1.82, 2.24) is 5.32 Å². The predicted octanol–water partition coefficient (Wildman–Crippen LogP) is 2.64. The third-order valence-corrected chi connectivity index (χ3v) is 5.10. The number of hydrogen-bond acceptors (Lipinski definition) is 5. The molecule has 2 aromatic heterocycles. The number of nitrogens with one attached hydrogen (secondary N) is 1. The lowest BCUT2D eigenvalue weighted by atomic mass is 10.2. The Kier molecular flexibility index (Phi) is 4.08. The number of anilines is 1. The van der Waals surface area contributed by atoms with Gasteiger partial charge in [0.25, 0.3) is 0 Å². The Bertz CT molecular complexity index is 819. The van der Waals surface area contributed by atoms with Crippen LogP contribution in [-0.2, 0) is 0 Å². The summed E-state index contributed by atoms with van der Waals surface area (Å²) in [5.41, 5.74) is -1.03. The molecule has 0 saturated heterocycles.